The van der Waals surface area contributed by atoms with E-state index < -0.39 is 0 Å². The molecule has 7 nitrogen and oxygen atoms in total. The fourth-order valence-corrected chi connectivity index (χ4v) is 4.73. The van der Waals surface area contributed by atoms with Gasteiger partial charge in [0.05, 0.1) is 29.0 Å². The summed E-state index contributed by atoms with van der Waals surface area (Å²) in [6.45, 7) is 7.02. The lowest BCUT2D eigenvalue weighted by Crippen LogP contribution is -2.31. The zero-order valence-electron chi connectivity index (χ0n) is 19.4. The maximum Gasteiger partial charge on any atom is 0.334 e. The van der Waals surface area contributed by atoms with Crippen molar-refractivity contribution in [3.8, 4) is 11.4 Å². The highest BCUT2D eigenvalue weighted by Crippen LogP contribution is 2.27. The zero-order valence-corrected chi connectivity index (χ0v) is 20.1. The van der Waals surface area contributed by atoms with E-state index >= 15 is 0 Å². The van der Waals surface area contributed by atoms with E-state index in [0.29, 0.717) is 31.9 Å². The Bertz CT molecular complexity index is 1470. The van der Waals surface area contributed by atoms with Crippen LogP contribution in [0.4, 0.5) is 0 Å². The zero-order chi connectivity index (χ0) is 24.5. The van der Waals surface area contributed by atoms with Gasteiger partial charge in [-0.05, 0) is 66.9 Å². The van der Waals surface area contributed by atoms with Crippen molar-refractivity contribution in [1.29, 1.82) is 0 Å². The van der Waals surface area contributed by atoms with Crippen molar-refractivity contribution in [1.82, 2.24) is 19.0 Å². The van der Waals surface area contributed by atoms with Gasteiger partial charge in [0.15, 0.2) is 0 Å². The minimum Gasteiger partial charge on any atom is -0.489 e. The van der Waals surface area contributed by atoms with Gasteiger partial charge in [-0.3, -0.25) is 18.9 Å². The quantitative estimate of drug-likeness (QED) is 0.369. The highest BCUT2D eigenvalue weighted by atomic mass is 35.5. The van der Waals surface area contributed by atoms with E-state index in [1.54, 1.807) is 26.4 Å². The summed E-state index contributed by atoms with van der Waals surface area (Å²) in [5, 5.41) is 0.731. The van der Waals surface area contributed by atoms with E-state index in [2.05, 4.69) is 11.6 Å². The number of pyridine rings is 1. The van der Waals surface area contributed by atoms with Crippen LogP contribution in [0.3, 0.4) is 0 Å². The Hall–Kier alpha value is -3.84. The van der Waals surface area contributed by atoms with E-state index in [9.17, 15) is 9.59 Å². The van der Waals surface area contributed by atoms with Gasteiger partial charge in [0, 0.05) is 24.3 Å². The molecule has 0 N–H and O–H groups in total. The number of aromatic nitrogens is 3. The first-order valence-corrected chi connectivity index (χ1v) is 11.8. The lowest BCUT2D eigenvalue weighted by atomic mass is 10.1. The monoisotopic (exact) mass is 488 g/mol. The minimum absolute atomic E-state index is 0.108. The number of ether oxygens (including phenoxy) is 1. The Labute approximate surface area is 207 Å². The van der Waals surface area contributed by atoms with Crippen LogP contribution in [0.5, 0.6) is 5.75 Å². The molecule has 1 fully saturated rings. The molecule has 0 radical (unpaired) electrons. The van der Waals surface area contributed by atoms with Gasteiger partial charge < -0.3 is 9.64 Å². The molecule has 8 heteroatoms. The fourth-order valence-electron chi connectivity index (χ4n) is 4.61. The van der Waals surface area contributed by atoms with E-state index in [4.69, 9.17) is 16.3 Å². The molecule has 4 aromatic rings. The molecule has 0 unspecified atom stereocenters. The minimum atomic E-state index is -0.156. The van der Waals surface area contributed by atoms with Gasteiger partial charge in [-0.1, -0.05) is 30.3 Å². The van der Waals surface area contributed by atoms with Crippen LogP contribution in [-0.2, 0) is 11.4 Å². The lowest BCUT2D eigenvalue weighted by molar-refractivity contribution is -0.125. The fraction of sp³-hybridized carbons (Fsp3) is 0.222. The molecule has 5 rings (SSSR count). The largest absolute Gasteiger partial charge is 0.489 e. The van der Waals surface area contributed by atoms with Crippen molar-refractivity contribution in [2.75, 3.05) is 13.1 Å². The Balaban J connectivity index is 1.42. The van der Waals surface area contributed by atoms with E-state index in [1.165, 1.54) is 6.08 Å². The van der Waals surface area contributed by atoms with Crippen LogP contribution in [-0.4, -0.2) is 38.0 Å². The summed E-state index contributed by atoms with van der Waals surface area (Å²) in [5.74, 6) is 0.584. The first-order valence-electron chi connectivity index (χ1n) is 11.4. The number of rotatable bonds is 6. The van der Waals surface area contributed by atoms with Crippen LogP contribution in [0, 0.1) is 6.92 Å². The number of fused-ring (bicyclic) bond motifs is 1. The number of amides is 1. The third kappa shape index (κ3) is 4.35. The number of nitrogens with zero attached hydrogens (tertiary/aromatic N) is 4. The smallest absolute Gasteiger partial charge is 0.334 e. The van der Waals surface area contributed by atoms with Crippen molar-refractivity contribution in [3.63, 3.8) is 0 Å². The first-order chi connectivity index (χ1) is 17.0. The maximum absolute atomic E-state index is 13.6. The molecule has 2 aromatic carbocycles. The second-order valence-corrected chi connectivity index (χ2v) is 9.06. The molecule has 1 aliphatic rings. The molecule has 0 spiro atoms. The molecule has 2 aromatic heterocycles. The van der Waals surface area contributed by atoms with Gasteiger partial charge in [0.2, 0.25) is 5.91 Å². The normalized spacial score (nSPS) is 15.5. The lowest BCUT2D eigenvalue weighted by Gasteiger charge is -2.15. The molecule has 1 saturated heterocycles. The molecule has 1 atom stereocenters. The Morgan fingerprint density at radius 2 is 2.00 bits per heavy atom. The summed E-state index contributed by atoms with van der Waals surface area (Å²) >= 11 is 6.10. The molecule has 0 saturated carbocycles. The third-order valence-corrected chi connectivity index (χ3v) is 6.84. The second kappa shape index (κ2) is 9.43. The summed E-state index contributed by atoms with van der Waals surface area (Å²) in [6, 6.07) is 15.0. The third-order valence-electron chi connectivity index (χ3n) is 6.41. The van der Waals surface area contributed by atoms with Gasteiger partial charge in [-0.2, -0.15) is 0 Å². The summed E-state index contributed by atoms with van der Waals surface area (Å²) in [7, 11) is 0. The number of hydrogen-bond donors (Lipinski definition) is 0. The van der Waals surface area contributed by atoms with E-state index in [0.717, 1.165) is 32.9 Å². The Morgan fingerprint density at radius 1 is 1.20 bits per heavy atom. The van der Waals surface area contributed by atoms with Crippen LogP contribution in [0.25, 0.3) is 16.7 Å². The Morgan fingerprint density at radius 3 is 2.74 bits per heavy atom. The molecule has 1 amide bonds. The molecule has 0 bridgehead atoms. The van der Waals surface area contributed by atoms with Crippen LogP contribution >= 0.6 is 11.6 Å². The molecular weight excluding hydrogens is 464 g/mol. The van der Waals surface area contributed by atoms with Gasteiger partial charge in [-0.15, -0.1) is 0 Å². The molecule has 0 aliphatic carbocycles. The Kier molecular flexibility index (Phi) is 6.17. The van der Waals surface area contributed by atoms with Gasteiger partial charge in [0.1, 0.15) is 12.4 Å². The molecule has 3 heterocycles. The van der Waals surface area contributed by atoms with Crippen LogP contribution in [0.15, 0.2) is 78.4 Å². The molecule has 35 heavy (non-hydrogen) atoms. The average molecular weight is 489 g/mol. The number of hydrogen-bond acceptors (Lipinski definition) is 4. The van der Waals surface area contributed by atoms with E-state index in [1.807, 2.05) is 55.5 Å². The van der Waals surface area contributed by atoms with Crippen LogP contribution < -0.4 is 10.4 Å². The molecule has 178 valence electrons. The van der Waals surface area contributed by atoms with Crippen molar-refractivity contribution in [2.45, 2.75) is 26.0 Å². The summed E-state index contributed by atoms with van der Waals surface area (Å²) in [4.78, 5) is 31.6. The summed E-state index contributed by atoms with van der Waals surface area (Å²) in [6.07, 6.45) is 5.40. The number of carbonyl (C=O) groups excluding carboxylic acids is 1. The van der Waals surface area contributed by atoms with Crippen molar-refractivity contribution in [3.05, 3.63) is 100 Å². The standard InChI is InChI=1S/C27H25ClN4O3/c1-3-26(33)30-13-11-21(16-30)32-24-10-12-29-15-25(24)31(27(32)34)20-5-7-22(8-6-20)35-17-19-4-9-23(28)18(2)14-19/h3-10,12,14-15,21H,1,11,13,16-17H2,2H3/t21-/m1/s1. The summed E-state index contributed by atoms with van der Waals surface area (Å²) < 4.78 is 9.37. The highest BCUT2D eigenvalue weighted by Gasteiger charge is 2.29. The number of halogens is 1. The number of benzene rings is 2. The molecule has 1 aliphatic heterocycles. The maximum atomic E-state index is 13.6. The SMILES string of the molecule is C=CC(=O)N1CC[C@@H](n2c(=O)n(-c3ccc(OCc4ccc(Cl)c(C)c4)cc3)c3cnccc32)C1. The van der Waals surface area contributed by atoms with Gasteiger partial charge in [-0.25, -0.2) is 4.79 Å². The number of carbonyl (C=O) groups is 1. The van der Waals surface area contributed by atoms with Gasteiger partial charge >= 0.3 is 5.69 Å². The van der Waals surface area contributed by atoms with Gasteiger partial charge in [0.25, 0.3) is 0 Å². The topological polar surface area (TPSA) is 69.4 Å². The highest BCUT2D eigenvalue weighted by molar-refractivity contribution is 6.31. The van der Waals surface area contributed by atoms with Crippen LogP contribution in [0.2, 0.25) is 5.02 Å². The number of aryl methyl sites for hydroxylation is 1. The number of likely N-dealkylation sites (tertiary alicyclic amines) is 1. The van der Waals surface area contributed by atoms with Crippen molar-refractivity contribution >= 4 is 28.5 Å². The van der Waals surface area contributed by atoms with E-state index in [-0.39, 0.29) is 17.6 Å². The van der Waals surface area contributed by atoms with Crippen molar-refractivity contribution < 1.29 is 9.53 Å². The van der Waals surface area contributed by atoms with Crippen LogP contribution in [0.1, 0.15) is 23.6 Å². The summed E-state index contributed by atoms with van der Waals surface area (Å²) in [5.41, 5.74) is 4.11. The second-order valence-electron chi connectivity index (χ2n) is 8.65. The average Bonchev–Trinajstić information content (AvgIpc) is 3.46. The predicted molar refractivity (Wildman–Crippen MR) is 136 cm³/mol. The number of imidazole rings is 1. The first kappa shape index (κ1) is 22.9. The predicted octanol–water partition coefficient (Wildman–Crippen LogP) is 4.69. The van der Waals surface area contributed by atoms with Crippen molar-refractivity contribution in [2.24, 2.45) is 0 Å². The molecular formula is C27H25ClN4O3.